The summed E-state index contributed by atoms with van der Waals surface area (Å²) >= 11 is 0. The Balaban J connectivity index is 1.81. The highest BCUT2D eigenvalue weighted by atomic mass is 32.2. The summed E-state index contributed by atoms with van der Waals surface area (Å²) in [6.45, 7) is 2.85. The summed E-state index contributed by atoms with van der Waals surface area (Å²) in [6.07, 6.45) is 0. The molecule has 0 amide bonds. The summed E-state index contributed by atoms with van der Waals surface area (Å²) in [6, 6.07) is 34.0. The summed E-state index contributed by atoms with van der Waals surface area (Å²) in [5.41, 5.74) is 3.80. The van der Waals surface area contributed by atoms with E-state index in [0.717, 1.165) is 22.3 Å². The van der Waals surface area contributed by atoms with Crippen LogP contribution in [0.3, 0.4) is 0 Å². The molecule has 0 fully saturated rings. The van der Waals surface area contributed by atoms with Crippen molar-refractivity contribution in [1.29, 1.82) is 0 Å². The molecule has 0 heterocycles. The maximum Gasteiger partial charge on any atom is 0.325 e. The molecule has 2 atom stereocenters. The maximum absolute atomic E-state index is 13.5. The number of aryl methyl sites for hydroxylation is 1. The predicted molar refractivity (Wildman–Crippen MR) is 149 cm³/mol. The first kappa shape index (κ1) is 27.3. The summed E-state index contributed by atoms with van der Waals surface area (Å²) in [7, 11) is -2.77. The number of hydrogen-bond donors (Lipinski definition) is 1. The van der Waals surface area contributed by atoms with E-state index >= 15 is 0 Å². The second-order valence-electron chi connectivity index (χ2n) is 9.17. The molecule has 38 heavy (non-hydrogen) atoms. The van der Waals surface area contributed by atoms with E-state index in [1.807, 2.05) is 97.9 Å². The van der Waals surface area contributed by atoms with Gasteiger partial charge in [-0.3, -0.25) is 9.69 Å². The molecule has 0 saturated heterocycles. The Kier molecular flexibility index (Phi) is 9.07. The van der Waals surface area contributed by atoms with E-state index in [4.69, 9.17) is 4.74 Å². The van der Waals surface area contributed by atoms with Gasteiger partial charge < -0.3 is 4.74 Å². The molecule has 0 aliphatic rings. The third-order valence-corrected chi connectivity index (χ3v) is 7.83. The number of nitrogens with one attached hydrogen (secondary N) is 1. The zero-order valence-electron chi connectivity index (χ0n) is 21.5. The van der Waals surface area contributed by atoms with E-state index in [1.165, 1.54) is 19.2 Å². The lowest BCUT2D eigenvalue weighted by Gasteiger charge is -2.36. The number of esters is 1. The summed E-state index contributed by atoms with van der Waals surface area (Å²) < 4.78 is 34.9. The van der Waals surface area contributed by atoms with E-state index < -0.39 is 28.1 Å². The SMILES string of the molecule is COC(=O)[C@@H](NS(=O)(=O)c1ccc(C)cc1)[C@H](c1ccccc1)N(Cc1ccccc1)Cc1ccccc1. The van der Waals surface area contributed by atoms with Crippen molar-refractivity contribution in [2.45, 2.75) is 37.0 Å². The van der Waals surface area contributed by atoms with Crippen molar-refractivity contribution in [2.75, 3.05) is 7.11 Å². The Hall–Kier alpha value is -3.78. The van der Waals surface area contributed by atoms with Crippen molar-refractivity contribution in [1.82, 2.24) is 9.62 Å². The number of rotatable bonds is 11. The normalized spacial score (nSPS) is 13.1. The Morgan fingerprint density at radius 1 is 0.763 bits per heavy atom. The predicted octanol–water partition coefficient (Wildman–Crippen LogP) is 5.26. The highest BCUT2D eigenvalue weighted by Crippen LogP contribution is 2.30. The molecule has 7 heteroatoms. The third kappa shape index (κ3) is 6.95. The molecule has 0 unspecified atom stereocenters. The van der Waals surface area contributed by atoms with Crippen molar-refractivity contribution in [3.05, 3.63) is 138 Å². The van der Waals surface area contributed by atoms with Gasteiger partial charge in [0.2, 0.25) is 10.0 Å². The molecule has 0 aliphatic heterocycles. The molecule has 6 nitrogen and oxygen atoms in total. The topological polar surface area (TPSA) is 75.7 Å². The lowest BCUT2D eigenvalue weighted by atomic mass is 9.96. The van der Waals surface area contributed by atoms with Crippen LogP contribution in [0.15, 0.2) is 120 Å². The summed E-state index contributed by atoms with van der Waals surface area (Å²) in [4.78, 5) is 15.5. The number of benzene rings is 4. The third-order valence-electron chi connectivity index (χ3n) is 6.38. The van der Waals surface area contributed by atoms with Gasteiger partial charge in [0.25, 0.3) is 0 Å². The molecule has 4 rings (SSSR count). The minimum Gasteiger partial charge on any atom is -0.468 e. The van der Waals surface area contributed by atoms with Gasteiger partial charge in [0.05, 0.1) is 18.0 Å². The second-order valence-corrected chi connectivity index (χ2v) is 10.9. The van der Waals surface area contributed by atoms with Gasteiger partial charge in [-0.2, -0.15) is 4.72 Å². The quantitative estimate of drug-likeness (QED) is 0.269. The Morgan fingerprint density at radius 2 is 1.24 bits per heavy atom. The lowest BCUT2D eigenvalue weighted by molar-refractivity contribution is -0.144. The van der Waals surface area contributed by atoms with Crippen LogP contribution in [0.25, 0.3) is 0 Å². The first-order valence-electron chi connectivity index (χ1n) is 12.4. The fraction of sp³-hybridized carbons (Fsp3) is 0.194. The minimum absolute atomic E-state index is 0.0847. The van der Waals surface area contributed by atoms with Gasteiger partial charge in [-0.25, -0.2) is 8.42 Å². The van der Waals surface area contributed by atoms with Crippen molar-refractivity contribution >= 4 is 16.0 Å². The number of methoxy groups -OCH3 is 1. The number of carbonyl (C=O) groups is 1. The fourth-order valence-corrected chi connectivity index (χ4v) is 5.66. The van der Waals surface area contributed by atoms with Gasteiger partial charge >= 0.3 is 5.97 Å². The van der Waals surface area contributed by atoms with E-state index in [9.17, 15) is 13.2 Å². The molecule has 4 aromatic rings. The summed E-state index contributed by atoms with van der Waals surface area (Å²) in [5, 5.41) is 0. The molecule has 0 saturated carbocycles. The highest BCUT2D eigenvalue weighted by Gasteiger charge is 2.38. The molecule has 0 bridgehead atoms. The van der Waals surface area contributed by atoms with Crippen LogP contribution < -0.4 is 4.72 Å². The Bertz CT molecular complexity index is 1370. The Labute approximate surface area is 225 Å². The van der Waals surface area contributed by atoms with E-state index in [1.54, 1.807) is 12.1 Å². The highest BCUT2D eigenvalue weighted by molar-refractivity contribution is 7.89. The number of nitrogens with zero attached hydrogens (tertiary/aromatic N) is 1. The van der Waals surface area contributed by atoms with Crippen molar-refractivity contribution < 1.29 is 17.9 Å². The van der Waals surface area contributed by atoms with Crippen LogP contribution in [0.2, 0.25) is 0 Å². The van der Waals surface area contributed by atoms with Crippen molar-refractivity contribution in [2.24, 2.45) is 0 Å². The van der Waals surface area contributed by atoms with Gasteiger partial charge in [-0.1, -0.05) is 109 Å². The van der Waals surface area contributed by atoms with E-state index in [0.29, 0.717) is 13.1 Å². The molecule has 0 radical (unpaired) electrons. The van der Waals surface area contributed by atoms with Gasteiger partial charge in [-0.15, -0.1) is 0 Å². The molecule has 0 aromatic heterocycles. The Morgan fingerprint density at radius 3 is 1.71 bits per heavy atom. The maximum atomic E-state index is 13.5. The van der Waals surface area contributed by atoms with Gasteiger partial charge in [0.15, 0.2) is 0 Å². The molecule has 4 aromatic carbocycles. The first-order chi connectivity index (χ1) is 18.4. The minimum atomic E-state index is -4.04. The van der Waals surface area contributed by atoms with E-state index in [2.05, 4.69) is 9.62 Å². The van der Waals surface area contributed by atoms with Crippen molar-refractivity contribution in [3.63, 3.8) is 0 Å². The average molecular weight is 529 g/mol. The molecule has 1 N–H and O–H groups in total. The standard InChI is InChI=1S/C31H32N2O4S/c1-24-18-20-28(21-19-24)38(35,36)32-29(31(34)37-2)30(27-16-10-5-11-17-27)33(22-25-12-6-3-7-13-25)23-26-14-8-4-9-15-26/h3-21,29-30,32H,22-23H2,1-2H3/t29-,30-/m0/s1. The van der Waals surface area contributed by atoms with Crippen LogP contribution in [0.4, 0.5) is 0 Å². The molecule has 0 spiro atoms. The lowest BCUT2D eigenvalue weighted by Crippen LogP contribution is -2.50. The van der Waals surface area contributed by atoms with Crippen LogP contribution in [0.1, 0.15) is 28.3 Å². The number of ether oxygens (including phenoxy) is 1. The smallest absolute Gasteiger partial charge is 0.325 e. The van der Waals surface area contributed by atoms with Gasteiger partial charge in [0, 0.05) is 13.1 Å². The van der Waals surface area contributed by atoms with Gasteiger partial charge in [0.1, 0.15) is 6.04 Å². The first-order valence-corrected chi connectivity index (χ1v) is 13.9. The van der Waals surface area contributed by atoms with Crippen molar-refractivity contribution in [3.8, 4) is 0 Å². The molecule has 0 aliphatic carbocycles. The summed E-state index contributed by atoms with van der Waals surface area (Å²) in [5.74, 6) is -0.666. The van der Waals surface area contributed by atoms with E-state index in [-0.39, 0.29) is 4.90 Å². The van der Waals surface area contributed by atoms with Crippen LogP contribution in [-0.4, -0.2) is 32.4 Å². The fourth-order valence-electron chi connectivity index (χ4n) is 4.47. The number of carbonyl (C=O) groups excluding carboxylic acids is 1. The molecular weight excluding hydrogens is 496 g/mol. The average Bonchev–Trinajstić information content (AvgIpc) is 2.94. The zero-order valence-corrected chi connectivity index (χ0v) is 22.3. The molecule has 196 valence electrons. The largest absolute Gasteiger partial charge is 0.468 e. The van der Waals surface area contributed by atoms with Gasteiger partial charge in [-0.05, 0) is 35.7 Å². The van der Waals surface area contributed by atoms with Crippen LogP contribution >= 0.6 is 0 Å². The monoisotopic (exact) mass is 528 g/mol. The number of hydrogen-bond acceptors (Lipinski definition) is 5. The molecular formula is C31H32N2O4S. The van der Waals surface area contributed by atoms with Crippen LogP contribution in [0.5, 0.6) is 0 Å². The van der Waals surface area contributed by atoms with Crippen LogP contribution in [-0.2, 0) is 32.6 Å². The second kappa shape index (κ2) is 12.6. The van der Waals surface area contributed by atoms with Crippen LogP contribution in [0, 0.1) is 6.92 Å². The zero-order chi connectivity index (χ0) is 27.0. The number of sulfonamides is 1.